The van der Waals surface area contributed by atoms with Crippen molar-refractivity contribution >= 4 is 39.4 Å². The van der Waals surface area contributed by atoms with Crippen LogP contribution < -0.4 is 0 Å². The molecule has 0 fully saturated rings. The summed E-state index contributed by atoms with van der Waals surface area (Å²) in [4.78, 5) is 8.53. The van der Waals surface area contributed by atoms with Gasteiger partial charge < -0.3 is 4.42 Å². The molecule has 0 atom stereocenters. The number of pyridine rings is 1. The monoisotopic (exact) mass is 380 g/mol. The van der Waals surface area contributed by atoms with E-state index < -0.39 is 0 Å². The van der Waals surface area contributed by atoms with Crippen LogP contribution in [0, 0.1) is 13.8 Å². The summed E-state index contributed by atoms with van der Waals surface area (Å²) in [5, 5.41) is 2.14. The molecule has 0 spiro atoms. The van der Waals surface area contributed by atoms with Crippen LogP contribution in [-0.2, 0) is 0 Å². The minimum atomic E-state index is 0.676. The summed E-state index contributed by atoms with van der Waals surface area (Å²) in [6.45, 7) is 6.35. The number of fused-ring (bicyclic) bond motifs is 3. The average molecular weight is 380 g/mol. The Morgan fingerprint density at radius 1 is 1.00 bits per heavy atom. The van der Waals surface area contributed by atoms with Gasteiger partial charge in [-0.3, -0.25) is 4.99 Å². The maximum atomic E-state index is 6.17. The molecule has 0 radical (unpaired) electrons. The van der Waals surface area contributed by atoms with Crippen molar-refractivity contribution in [2.24, 2.45) is 4.99 Å². The summed E-state index contributed by atoms with van der Waals surface area (Å²) in [7, 11) is 1.78. The van der Waals surface area contributed by atoms with Gasteiger partial charge in [0.05, 0.1) is 0 Å². The quantitative estimate of drug-likeness (QED) is 0.289. The third kappa shape index (κ3) is 3.64. The van der Waals surface area contributed by atoms with E-state index in [1.54, 1.807) is 13.2 Å². The van der Waals surface area contributed by atoms with Gasteiger partial charge in [-0.2, -0.15) is 0 Å². The molecule has 2 aromatic heterocycles. The van der Waals surface area contributed by atoms with Crippen LogP contribution in [0.1, 0.15) is 29.2 Å². The smallest absolute Gasteiger partial charge is 0.227 e. The predicted molar refractivity (Wildman–Crippen MR) is 123 cm³/mol. The Morgan fingerprint density at radius 2 is 1.79 bits per heavy atom. The summed E-state index contributed by atoms with van der Waals surface area (Å²) in [6, 6.07) is 16.8. The van der Waals surface area contributed by atoms with Gasteiger partial charge in [0.1, 0.15) is 5.58 Å². The Labute approximate surface area is 171 Å². The van der Waals surface area contributed by atoms with E-state index in [1.165, 1.54) is 11.1 Å². The normalized spacial score (nSPS) is 13.1. The van der Waals surface area contributed by atoms with Crippen molar-refractivity contribution in [3.63, 3.8) is 0 Å². The second kappa shape index (κ2) is 7.88. The van der Waals surface area contributed by atoms with Gasteiger partial charge in [0.2, 0.25) is 5.71 Å². The lowest BCUT2D eigenvalue weighted by molar-refractivity contribution is 0.652. The molecule has 0 amide bonds. The average Bonchev–Trinajstić information content (AvgIpc) is 3.10. The fourth-order valence-electron chi connectivity index (χ4n) is 3.70. The van der Waals surface area contributed by atoms with Crippen LogP contribution >= 0.6 is 0 Å². The zero-order valence-electron chi connectivity index (χ0n) is 17.2. The van der Waals surface area contributed by atoms with Crippen LogP contribution in [-0.4, -0.2) is 18.2 Å². The van der Waals surface area contributed by atoms with Crippen LogP contribution in [0.4, 0.5) is 0 Å². The van der Waals surface area contributed by atoms with E-state index in [2.05, 4.69) is 79.3 Å². The molecule has 0 saturated heterocycles. The number of furan rings is 1. The highest BCUT2D eigenvalue weighted by Gasteiger charge is 2.15. The Hall–Kier alpha value is -3.46. The second-order valence-corrected chi connectivity index (χ2v) is 7.31. The number of rotatable bonds is 4. The van der Waals surface area contributed by atoms with E-state index in [0.29, 0.717) is 5.71 Å². The van der Waals surface area contributed by atoms with Gasteiger partial charge in [0.25, 0.3) is 0 Å². The maximum absolute atomic E-state index is 6.17. The standard InChI is InChI=1S/C26H24N2O/c1-17-7-10-20(11-8-17)21(13-15-27-4)16-19(3)24-18(2)9-12-22-23-6-5-14-28-26(23)29-25(22)24/h5-16H,1-4H3/b19-16+,21-13+,27-15?. The summed E-state index contributed by atoms with van der Waals surface area (Å²) in [6.07, 6.45) is 7.85. The largest absolute Gasteiger partial charge is 0.437 e. The van der Waals surface area contributed by atoms with Gasteiger partial charge in [0.15, 0.2) is 0 Å². The third-order valence-corrected chi connectivity index (χ3v) is 5.18. The van der Waals surface area contributed by atoms with Gasteiger partial charge in [-0.25, -0.2) is 4.98 Å². The SMILES string of the molecule is CN=C/C=C(\C=C(/C)c1c(C)ccc2c1oc1ncccc12)c1ccc(C)cc1. The third-order valence-electron chi connectivity index (χ3n) is 5.18. The first-order valence-electron chi connectivity index (χ1n) is 9.73. The first kappa shape index (κ1) is 18.9. The summed E-state index contributed by atoms with van der Waals surface area (Å²) < 4.78 is 6.17. The zero-order valence-corrected chi connectivity index (χ0v) is 17.2. The summed E-state index contributed by atoms with van der Waals surface area (Å²) in [5.74, 6) is 0. The van der Waals surface area contributed by atoms with Crippen LogP contribution in [0.3, 0.4) is 0 Å². The number of hydrogen-bond donors (Lipinski definition) is 0. The molecule has 0 unspecified atom stereocenters. The summed E-state index contributed by atoms with van der Waals surface area (Å²) in [5.41, 5.74) is 8.51. The van der Waals surface area contributed by atoms with Crippen LogP contribution in [0.15, 0.2) is 76.3 Å². The van der Waals surface area contributed by atoms with Crippen molar-refractivity contribution in [1.29, 1.82) is 0 Å². The van der Waals surface area contributed by atoms with Crippen molar-refractivity contribution in [3.05, 3.63) is 89.1 Å². The molecule has 2 heterocycles. The number of benzene rings is 2. The molecular formula is C26H24N2O. The van der Waals surface area contributed by atoms with Gasteiger partial charge in [-0.05, 0) is 61.3 Å². The Bertz CT molecular complexity index is 1270. The fraction of sp³-hybridized carbons (Fsp3) is 0.154. The number of allylic oxidation sites excluding steroid dienone is 4. The van der Waals surface area contributed by atoms with E-state index >= 15 is 0 Å². The second-order valence-electron chi connectivity index (χ2n) is 7.31. The van der Waals surface area contributed by atoms with Crippen LogP contribution in [0.5, 0.6) is 0 Å². The Morgan fingerprint density at radius 3 is 2.55 bits per heavy atom. The minimum absolute atomic E-state index is 0.676. The number of nitrogens with zero attached hydrogens (tertiary/aromatic N) is 2. The lowest BCUT2D eigenvalue weighted by Gasteiger charge is -2.10. The number of hydrogen-bond acceptors (Lipinski definition) is 3. The lowest BCUT2D eigenvalue weighted by atomic mass is 9.95. The number of aryl methyl sites for hydroxylation is 2. The van der Waals surface area contributed by atoms with Crippen molar-refractivity contribution in [3.8, 4) is 0 Å². The van der Waals surface area contributed by atoms with Crippen molar-refractivity contribution < 1.29 is 4.42 Å². The van der Waals surface area contributed by atoms with Gasteiger partial charge in [-0.15, -0.1) is 0 Å². The first-order valence-corrected chi connectivity index (χ1v) is 9.73. The maximum Gasteiger partial charge on any atom is 0.227 e. The molecule has 0 N–H and O–H groups in total. The first-order chi connectivity index (χ1) is 14.1. The van der Waals surface area contributed by atoms with Gasteiger partial charge in [0, 0.05) is 35.8 Å². The Balaban J connectivity index is 1.90. The Kier molecular flexibility index (Phi) is 5.13. The van der Waals surface area contributed by atoms with Crippen molar-refractivity contribution in [2.75, 3.05) is 7.05 Å². The molecule has 29 heavy (non-hydrogen) atoms. The van der Waals surface area contributed by atoms with Gasteiger partial charge in [-0.1, -0.05) is 48.0 Å². The molecule has 0 aliphatic heterocycles. The van der Waals surface area contributed by atoms with Crippen LogP contribution in [0.2, 0.25) is 0 Å². The lowest BCUT2D eigenvalue weighted by Crippen LogP contribution is -1.90. The van der Waals surface area contributed by atoms with Crippen molar-refractivity contribution in [2.45, 2.75) is 20.8 Å². The summed E-state index contributed by atoms with van der Waals surface area (Å²) >= 11 is 0. The number of aromatic nitrogens is 1. The highest BCUT2D eigenvalue weighted by atomic mass is 16.3. The van der Waals surface area contributed by atoms with E-state index in [4.69, 9.17) is 4.42 Å². The molecule has 4 rings (SSSR count). The molecule has 2 aromatic carbocycles. The van der Waals surface area contributed by atoms with Gasteiger partial charge >= 0.3 is 0 Å². The van der Waals surface area contributed by atoms with Crippen molar-refractivity contribution in [1.82, 2.24) is 4.98 Å². The molecule has 3 nitrogen and oxygen atoms in total. The molecule has 0 aliphatic rings. The highest BCUT2D eigenvalue weighted by Crippen LogP contribution is 2.35. The van der Waals surface area contributed by atoms with E-state index in [1.807, 2.05) is 18.4 Å². The van der Waals surface area contributed by atoms with E-state index in [-0.39, 0.29) is 0 Å². The highest BCUT2D eigenvalue weighted by molar-refractivity contribution is 6.08. The molecule has 0 aliphatic carbocycles. The van der Waals surface area contributed by atoms with E-state index in [0.717, 1.165) is 38.6 Å². The minimum Gasteiger partial charge on any atom is -0.437 e. The topological polar surface area (TPSA) is 38.4 Å². The molecule has 0 bridgehead atoms. The number of aliphatic imine (C=N–C) groups is 1. The molecule has 0 saturated carbocycles. The zero-order chi connectivity index (χ0) is 20.4. The molecule has 144 valence electrons. The molecule has 3 heteroatoms. The molecule has 4 aromatic rings. The van der Waals surface area contributed by atoms with Crippen LogP contribution in [0.25, 0.3) is 33.2 Å². The van der Waals surface area contributed by atoms with E-state index in [9.17, 15) is 0 Å². The molecular weight excluding hydrogens is 356 g/mol. The fourth-order valence-corrected chi connectivity index (χ4v) is 3.70. The predicted octanol–water partition coefficient (Wildman–Crippen LogP) is 6.79.